The molecule has 2 aromatic rings. The van der Waals surface area contributed by atoms with Crippen molar-refractivity contribution in [1.29, 1.82) is 5.41 Å². The number of ether oxygens (including phenoxy) is 2. The Bertz CT molecular complexity index is 1160. The van der Waals surface area contributed by atoms with E-state index in [-0.39, 0.29) is 11.4 Å². The van der Waals surface area contributed by atoms with Crippen LogP contribution in [0.1, 0.15) is 16.7 Å². The van der Waals surface area contributed by atoms with Crippen molar-refractivity contribution in [3.05, 3.63) is 75.3 Å². The molecule has 6 nitrogen and oxygen atoms in total. The Morgan fingerprint density at radius 1 is 1.13 bits per heavy atom. The molecule has 0 fully saturated rings. The molecule has 31 heavy (non-hydrogen) atoms. The summed E-state index contributed by atoms with van der Waals surface area (Å²) in [6, 6.07) is 11.2. The quantitative estimate of drug-likeness (QED) is 0.481. The number of amidine groups is 2. The van der Waals surface area contributed by atoms with E-state index in [1.54, 1.807) is 40.8 Å². The van der Waals surface area contributed by atoms with Gasteiger partial charge in [-0.3, -0.25) is 15.1 Å². The molecule has 1 amide bonds. The molecule has 0 aliphatic carbocycles. The van der Waals surface area contributed by atoms with E-state index in [1.165, 1.54) is 22.9 Å². The maximum absolute atomic E-state index is 12.3. The Labute approximate surface area is 189 Å². The second-order valence-electron chi connectivity index (χ2n) is 7.01. The lowest BCUT2D eigenvalue weighted by molar-refractivity contribution is -0.114. The molecular formula is C23H20ClN3O3S. The molecule has 0 radical (unpaired) electrons. The third-order valence-corrected chi connectivity index (χ3v) is 5.92. The number of benzene rings is 2. The normalized spacial score (nSPS) is 16.5. The van der Waals surface area contributed by atoms with Gasteiger partial charge in [-0.25, -0.2) is 0 Å². The number of thioether (sulfide) groups is 1. The summed E-state index contributed by atoms with van der Waals surface area (Å²) in [5.74, 6) is 0.983. The van der Waals surface area contributed by atoms with Crippen molar-refractivity contribution in [1.82, 2.24) is 4.90 Å². The predicted octanol–water partition coefficient (Wildman–Crippen LogP) is 5.19. The van der Waals surface area contributed by atoms with E-state index >= 15 is 0 Å². The number of aryl methyl sites for hydroxylation is 2. The van der Waals surface area contributed by atoms with Crippen LogP contribution in [0.2, 0.25) is 5.02 Å². The highest BCUT2D eigenvalue weighted by Crippen LogP contribution is 2.30. The maximum atomic E-state index is 12.3. The van der Waals surface area contributed by atoms with E-state index in [2.05, 4.69) is 11.9 Å². The summed E-state index contributed by atoms with van der Waals surface area (Å²) >= 11 is 7.67. The topological polar surface area (TPSA) is 75.0 Å². The number of fused-ring (bicyclic) bond motifs is 1. The number of halogens is 1. The number of carbonyl (C=O) groups is 1. The van der Waals surface area contributed by atoms with Crippen molar-refractivity contribution in [3.8, 4) is 11.5 Å². The van der Waals surface area contributed by atoms with Crippen molar-refractivity contribution < 1.29 is 14.3 Å². The Kier molecular flexibility index (Phi) is 6.15. The highest BCUT2D eigenvalue weighted by molar-refractivity contribution is 8.16. The van der Waals surface area contributed by atoms with E-state index in [1.807, 2.05) is 25.1 Å². The van der Waals surface area contributed by atoms with Gasteiger partial charge in [-0.2, -0.15) is 4.99 Å². The fourth-order valence-corrected chi connectivity index (χ4v) is 3.99. The number of aliphatic imine (C=N–C) groups is 1. The van der Waals surface area contributed by atoms with Gasteiger partial charge in [0.1, 0.15) is 30.5 Å². The second kappa shape index (κ2) is 8.99. The van der Waals surface area contributed by atoms with Crippen molar-refractivity contribution in [3.63, 3.8) is 0 Å². The second-order valence-corrected chi connectivity index (χ2v) is 8.29. The first-order chi connectivity index (χ1) is 14.9. The minimum Gasteiger partial charge on any atom is -0.490 e. The summed E-state index contributed by atoms with van der Waals surface area (Å²) in [6.07, 6.45) is 3.33. The van der Waals surface area contributed by atoms with Gasteiger partial charge in [-0.05, 0) is 66.3 Å². The maximum Gasteiger partial charge on any atom is 0.283 e. The van der Waals surface area contributed by atoms with Gasteiger partial charge in [0, 0.05) is 6.20 Å². The third-order valence-electron chi connectivity index (χ3n) is 4.87. The number of rotatable bonds is 6. The zero-order valence-electron chi connectivity index (χ0n) is 17.0. The average Bonchev–Trinajstić information content (AvgIpc) is 3.21. The molecule has 0 saturated heterocycles. The molecular weight excluding hydrogens is 434 g/mol. The molecule has 158 valence electrons. The number of hydrogen-bond acceptors (Lipinski definition) is 5. The van der Waals surface area contributed by atoms with Crippen LogP contribution in [-0.2, 0) is 4.79 Å². The van der Waals surface area contributed by atoms with Gasteiger partial charge in [0.05, 0.1) is 10.6 Å². The molecule has 2 aliphatic rings. The summed E-state index contributed by atoms with van der Waals surface area (Å²) < 4.78 is 11.5. The summed E-state index contributed by atoms with van der Waals surface area (Å²) in [5.41, 5.74) is 3.30. The zero-order valence-corrected chi connectivity index (χ0v) is 18.6. The molecule has 4 rings (SSSR count). The first-order valence-corrected chi connectivity index (χ1v) is 10.9. The summed E-state index contributed by atoms with van der Waals surface area (Å²) in [7, 11) is 0. The fraction of sp³-hybridized carbons (Fsp3) is 0.174. The SMILES string of the molecule is Cc1ccc(OCCOc2ccc(/C=C3/C(=N)N4C=CSC4=NC3=O)cc2Cl)cc1C. The highest BCUT2D eigenvalue weighted by atomic mass is 35.5. The molecule has 2 heterocycles. The molecule has 2 aliphatic heterocycles. The van der Waals surface area contributed by atoms with Crippen LogP contribution >= 0.6 is 23.4 Å². The third kappa shape index (κ3) is 4.68. The Balaban J connectivity index is 1.38. The van der Waals surface area contributed by atoms with Gasteiger partial charge < -0.3 is 9.47 Å². The van der Waals surface area contributed by atoms with Crippen LogP contribution in [-0.4, -0.2) is 35.0 Å². The van der Waals surface area contributed by atoms with E-state index in [9.17, 15) is 4.79 Å². The molecule has 0 unspecified atom stereocenters. The summed E-state index contributed by atoms with van der Waals surface area (Å²) in [5, 5.41) is 11.0. The number of nitrogens with zero attached hydrogens (tertiary/aromatic N) is 2. The number of hydrogen-bond donors (Lipinski definition) is 1. The molecule has 0 bridgehead atoms. The first kappa shape index (κ1) is 21.2. The van der Waals surface area contributed by atoms with Crippen LogP contribution in [0.15, 0.2) is 58.6 Å². The molecule has 0 atom stereocenters. The predicted molar refractivity (Wildman–Crippen MR) is 125 cm³/mol. The van der Waals surface area contributed by atoms with Crippen molar-refractivity contribution in [2.24, 2.45) is 4.99 Å². The Hall–Kier alpha value is -3.03. The monoisotopic (exact) mass is 453 g/mol. The number of carbonyl (C=O) groups excluding carboxylic acids is 1. The lowest BCUT2D eigenvalue weighted by atomic mass is 10.1. The molecule has 0 saturated carbocycles. The lowest BCUT2D eigenvalue weighted by Gasteiger charge is -2.22. The molecule has 0 aromatic heterocycles. The van der Waals surface area contributed by atoms with E-state index in [4.69, 9.17) is 26.5 Å². The van der Waals surface area contributed by atoms with Gasteiger partial charge in [0.15, 0.2) is 5.17 Å². The Morgan fingerprint density at radius 2 is 1.94 bits per heavy atom. The number of nitrogens with one attached hydrogen (secondary N) is 1. The van der Waals surface area contributed by atoms with Gasteiger partial charge >= 0.3 is 0 Å². The van der Waals surface area contributed by atoms with Crippen molar-refractivity contribution >= 4 is 46.3 Å². The molecule has 2 aromatic carbocycles. The Morgan fingerprint density at radius 3 is 2.71 bits per heavy atom. The van der Waals surface area contributed by atoms with Gasteiger partial charge in [-0.15, -0.1) is 0 Å². The van der Waals surface area contributed by atoms with Gasteiger partial charge in [0.2, 0.25) is 0 Å². The standard InChI is InChI=1S/C23H20ClN3O3S/c1-14-3-5-17(11-15(14)2)29-8-9-30-20-6-4-16(13-19(20)24)12-18-21(25)27-7-10-31-23(27)26-22(18)28/h3-7,10-13,25H,8-9H2,1-2H3/b18-12-,25-21?. The highest BCUT2D eigenvalue weighted by Gasteiger charge is 2.31. The fourth-order valence-electron chi connectivity index (χ4n) is 3.04. The molecule has 1 N–H and O–H groups in total. The van der Waals surface area contributed by atoms with Crippen molar-refractivity contribution in [2.45, 2.75) is 13.8 Å². The van der Waals surface area contributed by atoms with Gasteiger partial charge in [0.25, 0.3) is 5.91 Å². The van der Waals surface area contributed by atoms with Crippen LogP contribution in [0.5, 0.6) is 11.5 Å². The zero-order chi connectivity index (χ0) is 22.0. The van der Waals surface area contributed by atoms with Crippen LogP contribution in [0.25, 0.3) is 6.08 Å². The smallest absolute Gasteiger partial charge is 0.283 e. The summed E-state index contributed by atoms with van der Waals surface area (Å²) in [4.78, 5) is 17.9. The minimum absolute atomic E-state index is 0.0937. The largest absolute Gasteiger partial charge is 0.490 e. The molecule has 0 spiro atoms. The minimum atomic E-state index is -0.438. The first-order valence-electron chi connectivity index (χ1n) is 9.61. The van der Waals surface area contributed by atoms with Crippen LogP contribution in [0.3, 0.4) is 0 Å². The van der Waals surface area contributed by atoms with E-state index in [0.29, 0.717) is 34.7 Å². The van der Waals surface area contributed by atoms with E-state index in [0.717, 1.165) is 5.75 Å². The van der Waals surface area contributed by atoms with E-state index < -0.39 is 5.91 Å². The van der Waals surface area contributed by atoms with Crippen LogP contribution in [0.4, 0.5) is 0 Å². The summed E-state index contributed by atoms with van der Waals surface area (Å²) in [6.45, 7) is 4.83. The number of amides is 1. The van der Waals surface area contributed by atoms with Crippen LogP contribution < -0.4 is 9.47 Å². The molecule has 8 heteroatoms. The lowest BCUT2D eigenvalue weighted by Crippen LogP contribution is -2.35. The van der Waals surface area contributed by atoms with Crippen molar-refractivity contribution in [2.75, 3.05) is 13.2 Å². The van der Waals surface area contributed by atoms with Gasteiger partial charge in [-0.1, -0.05) is 35.5 Å². The average molecular weight is 454 g/mol. The van der Waals surface area contributed by atoms with Crippen LogP contribution in [0, 0.1) is 19.3 Å².